The highest BCUT2D eigenvalue weighted by Crippen LogP contribution is 2.33. The lowest BCUT2D eigenvalue weighted by Gasteiger charge is -2.35. The largest absolute Gasteiger partial charge is 0.438 e. The molecule has 1 aliphatic rings. The van der Waals surface area contributed by atoms with Crippen molar-refractivity contribution in [2.24, 2.45) is 5.92 Å². The molecule has 3 nitrogen and oxygen atoms in total. The summed E-state index contributed by atoms with van der Waals surface area (Å²) in [6.45, 7) is 6.21. The van der Waals surface area contributed by atoms with Crippen molar-refractivity contribution in [3.05, 3.63) is 0 Å². The first-order valence-electron chi connectivity index (χ1n) is 6.95. The molecule has 102 valence electrons. The van der Waals surface area contributed by atoms with E-state index in [9.17, 15) is 4.80 Å². The highest BCUT2D eigenvalue weighted by molar-refractivity contribution is 6.30. The Morgan fingerprint density at radius 2 is 2.12 bits per heavy atom. The SMILES string of the molecule is CC(CNC1CCCCC1)C(C)(CO[SiH3])[SiH2]O. The molecule has 0 spiro atoms. The van der Waals surface area contributed by atoms with Crippen molar-refractivity contribution in [2.45, 2.75) is 57.0 Å². The van der Waals surface area contributed by atoms with Gasteiger partial charge < -0.3 is 14.5 Å². The van der Waals surface area contributed by atoms with Crippen molar-refractivity contribution in [1.29, 1.82) is 0 Å². The van der Waals surface area contributed by atoms with Crippen LogP contribution in [0, 0.1) is 5.92 Å². The van der Waals surface area contributed by atoms with E-state index in [0.717, 1.165) is 23.6 Å². The molecule has 17 heavy (non-hydrogen) atoms. The molecular weight excluding hydrogens is 246 g/mol. The van der Waals surface area contributed by atoms with Crippen LogP contribution < -0.4 is 5.32 Å². The Bertz CT molecular complexity index is 213. The molecule has 0 radical (unpaired) electrons. The standard InChI is InChI=1S/C12H29NO2Si2/c1-10(12(2,17-14)9-15-16)8-13-11-6-4-3-5-7-11/h10-11,13-14H,3-9,17H2,1-2,16H3. The Morgan fingerprint density at radius 1 is 1.47 bits per heavy atom. The van der Waals surface area contributed by atoms with Gasteiger partial charge in [0.1, 0.15) is 10.5 Å². The number of nitrogens with one attached hydrogen (secondary N) is 1. The van der Waals surface area contributed by atoms with Crippen molar-refractivity contribution < 1.29 is 9.22 Å². The zero-order chi connectivity index (χ0) is 12.7. The fraction of sp³-hybridized carbons (Fsp3) is 1.00. The lowest BCUT2D eigenvalue weighted by molar-refractivity contribution is 0.219. The maximum Gasteiger partial charge on any atom is 0.165 e. The molecule has 0 aromatic rings. The van der Waals surface area contributed by atoms with E-state index >= 15 is 0 Å². The lowest BCUT2D eigenvalue weighted by atomic mass is 9.92. The van der Waals surface area contributed by atoms with Gasteiger partial charge in [-0.1, -0.05) is 33.1 Å². The normalized spacial score (nSPS) is 24.2. The summed E-state index contributed by atoms with van der Waals surface area (Å²) in [6.07, 6.45) is 6.82. The Balaban J connectivity index is 2.33. The van der Waals surface area contributed by atoms with Crippen LogP contribution in [0.2, 0.25) is 5.04 Å². The molecule has 1 saturated carbocycles. The third-order valence-electron chi connectivity index (χ3n) is 4.34. The second-order valence-electron chi connectivity index (χ2n) is 5.89. The van der Waals surface area contributed by atoms with E-state index in [0.29, 0.717) is 12.0 Å². The highest BCUT2D eigenvalue weighted by atomic mass is 28.2. The number of hydrogen-bond acceptors (Lipinski definition) is 3. The van der Waals surface area contributed by atoms with Crippen LogP contribution in [-0.2, 0) is 4.43 Å². The minimum Gasteiger partial charge on any atom is -0.438 e. The van der Waals surface area contributed by atoms with Gasteiger partial charge in [-0.25, -0.2) is 0 Å². The van der Waals surface area contributed by atoms with E-state index in [1.165, 1.54) is 32.1 Å². The Morgan fingerprint density at radius 3 is 2.65 bits per heavy atom. The quantitative estimate of drug-likeness (QED) is 0.648. The molecule has 0 saturated heterocycles. The zero-order valence-electron chi connectivity index (χ0n) is 11.7. The van der Waals surface area contributed by atoms with Crippen molar-refractivity contribution in [3.8, 4) is 0 Å². The minimum absolute atomic E-state index is 0.0451. The predicted molar refractivity (Wildman–Crippen MR) is 79.1 cm³/mol. The summed E-state index contributed by atoms with van der Waals surface area (Å²) in [5.74, 6) is 0.509. The number of rotatable bonds is 7. The van der Waals surface area contributed by atoms with Crippen LogP contribution in [0.5, 0.6) is 0 Å². The summed E-state index contributed by atoms with van der Waals surface area (Å²) in [4.78, 5) is 9.67. The Kier molecular flexibility index (Phi) is 6.95. The van der Waals surface area contributed by atoms with Crippen LogP contribution in [0.3, 0.4) is 0 Å². The maximum absolute atomic E-state index is 9.67. The summed E-state index contributed by atoms with van der Waals surface area (Å²) < 4.78 is 5.40. The van der Waals surface area contributed by atoms with Crippen LogP contribution >= 0.6 is 0 Å². The van der Waals surface area contributed by atoms with Gasteiger partial charge in [-0.2, -0.15) is 0 Å². The zero-order valence-corrected chi connectivity index (χ0v) is 15.1. The van der Waals surface area contributed by atoms with Crippen LogP contribution in [0.1, 0.15) is 46.0 Å². The van der Waals surface area contributed by atoms with Gasteiger partial charge in [0.05, 0.1) is 0 Å². The molecule has 0 heterocycles. The van der Waals surface area contributed by atoms with E-state index in [4.69, 9.17) is 4.43 Å². The molecule has 1 rings (SSSR count). The fourth-order valence-electron chi connectivity index (χ4n) is 2.57. The molecule has 0 amide bonds. The molecule has 1 fully saturated rings. The van der Waals surface area contributed by atoms with Crippen molar-refractivity contribution >= 4 is 20.2 Å². The molecule has 0 aromatic carbocycles. The van der Waals surface area contributed by atoms with Gasteiger partial charge in [-0.15, -0.1) is 0 Å². The summed E-state index contributed by atoms with van der Waals surface area (Å²) in [5.41, 5.74) is 0. The van der Waals surface area contributed by atoms with E-state index in [1.807, 2.05) is 0 Å². The van der Waals surface area contributed by atoms with Crippen LogP contribution in [0.25, 0.3) is 0 Å². The Labute approximate surface area is 111 Å². The first-order chi connectivity index (χ1) is 8.12. The molecule has 2 N–H and O–H groups in total. The highest BCUT2D eigenvalue weighted by Gasteiger charge is 2.31. The van der Waals surface area contributed by atoms with Crippen molar-refractivity contribution in [3.63, 3.8) is 0 Å². The predicted octanol–water partition coefficient (Wildman–Crippen LogP) is 0.0965. The van der Waals surface area contributed by atoms with Crippen LogP contribution in [0.4, 0.5) is 0 Å². The summed E-state index contributed by atoms with van der Waals surface area (Å²) >= 11 is 0. The molecule has 2 atom stereocenters. The van der Waals surface area contributed by atoms with Gasteiger partial charge in [-0.05, 0) is 25.3 Å². The van der Waals surface area contributed by atoms with Gasteiger partial charge in [-0.3, -0.25) is 0 Å². The van der Waals surface area contributed by atoms with E-state index in [2.05, 4.69) is 19.2 Å². The maximum atomic E-state index is 9.67. The van der Waals surface area contributed by atoms with E-state index < -0.39 is 9.76 Å². The summed E-state index contributed by atoms with van der Waals surface area (Å²) in [7, 11) is -0.246. The van der Waals surface area contributed by atoms with Gasteiger partial charge >= 0.3 is 0 Å². The summed E-state index contributed by atoms with van der Waals surface area (Å²) in [5, 5.41) is 3.73. The first kappa shape index (κ1) is 15.4. The topological polar surface area (TPSA) is 41.5 Å². The molecular formula is C12H29NO2Si2. The molecule has 0 aromatic heterocycles. The minimum atomic E-state index is -1.02. The average Bonchev–Trinajstić information content (AvgIpc) is 2.37. The monoisotopic (exact) mass is 275 g/mol. The first-order valence-corrected chi connectivity index (χ1v) is 9.11. The smallest absolute Gasteiger partial charge is 0.165 e. The van der Waals surface area contributed by atoms with Gasteiger partial charge in [0.25, 0.3) is 0 Å². The Hall–Kier alpha value is 0.314. The van der Waals surface area contributed by atoms with Gasteiger partial charge in [0.15, 0.2) is 9.76 Å². The molecule has 0 bridgehead atoms. The average molecular weight is 276 g/mol. The summed E-state index contributed by atoms with van der Waals surface area (Å²) in [6, 6.07) is 0.715. The molecule has 1 aliphatic carbocycles. The van der Waals surface area contributed by atoms with Gasteiger partial charge in [0.2, 0.25) is 0 Å². The fourth-order valence-corrected chi connectivity index (χ4v) is 4.39. The second-order valence-corrected chi connectivity index (χ2v) is 8.40. The molecule has 5 heteroatoms. The van der Waals surface area contributed by atoms with Gasteiger partial charge in [0, 0.05) is 17.7 Å². The molecule has 0 aliphatic heterocycles. The third-order valence-corrected chi connectivity index (χ3v) is 6.26. The third kappa shape index (κ3) is 4.83. The lowest BCUT2D eigenvalue weighted by Crippen LogP contribution is -2.40. The second kappa shape index (κ2) is 7.68. The number of hydrogen-bond donors (Lipinski definition) is 2. The van der Waals surface area contributed by atoms with Crippen molar-refractivity contribution in [2.75, 3.05) is 13.2 Å². The van der Waals surface area contributed by atoms with E-state index in [1.54, 1.807) is 0 Å². The molecule has 2 unspecified atom stereocenters. The van der Waals surface area contributed by atoms with Crippen LogP contribution in [0.15, 0.2) is 0 Å². The van der Waals surface area contributed by atoms with Crippen molar-refractivity contribution in [1.82, 2.24) is 5.32 Å². The van der Waals surface area contributed by atoms with E-state index in [-0.39, 0.29) is 5.04 Å². The van der Waals surface area contributed by atoms with Crippen LogP contribution in [-0.4, -0.2) is 44.2 Å².